The number of benzene rings is 2. The molecule has 0 saturated carbocycles. The molecule has 1 aliphatic rings. The number of amides is 2. The van der Waals surface area contributed by atoms with Crippen molar-refractivity contribution in [2.75, 3.05) is 56.2 Å². The minimum absolute atomic E-state index is 0.0580. The summed E-state index contributed by atoms with van der Waals surface area (Å²) in [6.07, 6.45) is 0.733. The Morgan fingerprint density at radius 1 is 1.12 bits per heavy atom. The zero-order valence-corrected chi connectivity index (χ0v) is 20.7. The smallest absolute Gasteiger partial charge is 0.265 e. The molecule has 10 heteroatoms. The first kappa shape index (κ1) is 25.5. The van der Waals surface area contributed by atoms with Crippen LogP contribution in [0.4, 0.5) is 11.4 Å². The van der Waals surface area contributed by atoms with Gasteiger partial charge in [-0.3, -0.25) is 14.5 Å². The number of para-hydroxylation sites is 1. The Balaban J connectivity index is 1.64. The van der Waals surface area contributed by atoms with Crippen LogP contribution in [0, 0.1) is 0 Å². The second-order valence-corrected chi connectivity index (χ2v) is 9.89. The highest BCUT2D eigenvalue weighted by Gasteiger charge is 2.30. The molecule has 1 N–H and O–H groups in total. The van der Waals surface area contributed by atoms with Gasteiger partial charge in [0.2, 0.25) is 15.9 Å². The van der Waals surface area contributed by atoms with Gasteiger partial charge in [0.25, 0.3) is 5.91 Å². The Hall–Kier alpha value is -3.11. The van der Waals surface area contributed by atoms with Crippen molar-refractivity contribution in [3.05, 3.63) is 48.5 Å². The van der Waals surface area contributed by atoms with Crippen LogP contribution in [0.15, 0.2) is 53.4 Å². The number of fused-ring (bicyclic) bond motifs is 1. The molecule has 184 valence electrons. The maximum absolute atomic E-state index is 12.9. The van der Waals surface area contributed by atoms with E-state index in [1.165, 1.54) is 27.4 Å². The van der Waals surface area contributed by atoms with Crippen LogP contribution in [0.3, 0.4) is 0 Å². The fourth-order valence-electron chi connectivity index (χ4n) is 3.78. The van der Waals surface area contributed by atoms with Gasteiger partial charge < -0.3 is 15.0 Å². The number of nitrogens with zero attached hydrogens (tertiary/aromatic N) is 3. The number of hydrogen-bond donors (Lipinski definition) is 1. The van der Waals surface area contributed by atoms with Crippen LogP contribution < -0.4 is 19.9 Å². The number of hydrogen-bond acceptors (Lipinski definition) is 6. The molecule has 2 aromatic carbocycles. The van der Waals surface area contributed by atoms with Gasteiger partial charge in [-0.25, -0.2) is 8.42 Å². The first-order valence-corrected chi connectivity index (χ1v) is 12.8. The maximum atomic E-state index is 12.9. The van der Waals surface area contributed by atoms with E-state index in [4.69, 9.17) is 4.74 Å². The molecule has 2 aromatic rings. The second-order valence-electron chi connectivity index (χ2n) is 7.95. The summed E-state index contributed by atoms with van der Waals surface area (Å²) >= 11 is 0. The lowest BCUT2D eigenvalue weighted by molar-refractivity contribution is -0.125. The molecule has 0 bridgehead atoms. The third-order valence-electron chi connectivity index (χ3n) is 5.71. The van der Waals surface area contributed by atoms with E-state index in [0.29, 0.717) is 25.4 Å². The summed E-state index contributed by atoms with van der Waals surface area (Å²) in [7, 11) is -1.73. The molecule has 2 amide bonds. The lowest BCUT2D eigenvalue weighted by Gasteiger charge is -2.29. The number of rotatable bonds is 11. The SMILES string of the molecule is CCN(CC)S(=O)(=O)c1ccc2c(c1)N(CC(=O)NCCCN(C)c1ccccc1)C(=O)CO2. The predicted molar refractivity (Wildman–Crippen MR) is 132 cm³/mol. The summed E-state index contributed by atoms with van der Waals surface area (Å²) in [6.45, 7) is 4.99. The molecule has 1 heterocycles. The zero-order valence-electron chi connectivity index (χ0n) is 19.9. The van der Waals surface area contributed by atoms with Gasteiger partial charge in [-0.05, 0) is 36.8 Å². The molecule has 3 rings (SSSR count). The first-order chi connectivity index (χ1) is 16.3. The molecular weight excluding hydrogens is 456 g/mol. The normalized spacial score (nSPS) is 13.4. The van der Waals surface area contributed by atoms with Crippen LogP contribution in [0.25, 0.3) is 0 Å². The number of carbonyl (C=O) groups is 2. The molecule has 0 unspecified atom stereocenters. The molecule has 0 aliphatic carbocycles. The molecule has 0 atom stereocenters. The highest BCUT2D eigenvalue weighted by atomic mass is 32.2. The van der Waals surface area contributed by atoms with Crippen molar-refractivity contribution in [2.24, 2.45) is 0 Å². The van der Waals surface area contributed by atoms with Crippen LogP contribution in [-0.2, 0) is 19.6 Å². The fourth-order valence-corrected chi connectivity index (χ4v) is 5.26. The Morgan fingerprint density at radius 3 is 2.50 bits per heavy atom. The van der Waals surface area contributed by atoms with Gasteiger partial charge in [0, 0.05) is 38.9 Å². The van der Waals surface area contributed by atoms with Crippen molar-refractivity contribution in [3.63, 3.8) is 0 Å². The van der Waals surface area contributed by atoms with Crippen molar-refractivity contribution in [1.29, 1.82) is 0 Å². The van der Waals surface area contributed by atoms with Crippen molar-refractivity contribution in [2.45, 2.75) is 25.2 Å². The lowest BCUT2D eigenvalue weighted by Crippen LogP contribution is -2.45. The summed E-state index contributed by atoms with van der Waals surface area (Å²) in [4.78, 5) is 28.6. The molecule has 0 radical (unpaired) electrons. The van der Waals surface area contributed by atoms with Gasteiger partial charge in [0.05, 0.1) is 10.6 Å². The van der Waals surface area contributed by atoms with Crippen LogP contribution >= 0.6 is 0 Å². The largest absolute Gasteiger partial charge is 0.482 e. The van der Waals surface area contributed by atoms with Crippen molar-refractivity contribution >= 4 is 33.2 Å². The van der Waals surface area contributed by atoms with E-state index in [0.717, 1.165) is 18.7 Å². The monoisotopic (exact) mass is 488 g/mol. The molecule has 9 nitrogen and oxygen atoms in total. The van der Waals surface area contributed by atoms with Gasteiger partial charge in [-0.15, -0.1) is 0 Å². The van der Waals surface area contributed by atoms with E-state index < -0.39 is 15.9 Å². The second kappa shape index (κ2) is 11.3. The third kappa shape index (κ3) is 5.87. The quantitative estimate of drug-likeness (QED) is 0.486. The molecule has 34 heavy (non-hydrogen) atoms. The average Bonchev–Trinajstić information content (AvgIpc) is 2.84. The minimum Gasteiger partial charge on any atom is -0.482 e. The van der Waals surface area contributed by atoms with E-state index in [1.54, 1.807) is 13.8 Å². The van der Waals surface area contributed by atoms with Crippen LogP contribution in [0.5, 0.6) is 5.75 Å². The van der Waals surface area contributed by atoms with Crippen LogP contribution in [0.1, 0.15) is 20.3 Å². The average molecular weight is 489 g/mol. The molecule has 1 aliphatic heterocycles. The molecular formula is C24H32N4O5S. The topological polar surface area (TPSA) is 99.3 Å². The van der Waals surface area contributed by atoms with Gasteiger partial charge >= 0.3 is 0 Å². The summed E-state index contributed by atoms with van der Waals surface area (Å²) in [5.74, 6) is -0.347. The minimum atomic E-state index is -3.72. The van der Waals surface area contributed by atoms with Crippen LogP contribution in [0.2, 0.25) is 0 Å². The van der Waals surface area contributed by atoms with Crippen molar-refractivity contribution < 1.29 is 22.7 Å². The summed E-state index contributed by atoms with van der Waals surface area (Å²) in [5.41, 5.74) is 1.38. The zero-order chi connectivity index (χ0) is 24.7. The number of anilines is 2. The Kier molecular flexibility index (Phi) is 8.51. The van der Waals surface area contributed by atoms with E-state index >= 15 is 0 Å². The Labute approximate surface area is 201 Å². The maximum Gasteiger partial charge on any atom is 0.265 e. The lowest BCUT2D eigenvalue weighted by atomic mass is 10.2. The van der Waals surface area contributed by atoms with Gasteiger partial charge in [0.15, 0.2) is 6.61 Å². The number of sulfonamides is 1. The predicted octanol–water partition coefficient (Wildman–Crippen LogP) is 2.09. The first-order valence-electron chi connectivity index (χ1n) is 11.4. The fraction of sp³-hybridized carbons (Fsp3) is 0.417. The van der Waals surface area contributed by atoms with E-state index in [9.17, 15) is 18.0 Å². The summed E-state index contributed by atoms with van der Waals surface area (Å²) in [6, 6.07) is 14.4. The highest BCUT2D eigenvalue weighted by Crippen LogP contribution is 2.34. The van der Waals surface area contributed by atoms with Gasteiger partial charge in [-0.1, -0.05) is 32.0 Å². The third-order valence-corrected chi connectivity index (χ3v) is 7.75. The Bertz CT molecular complexity index is 1100. The molecule has 0 fully saturated rings. The van der Waals surface area contributed by atoms with Gasteiger partial charge in [0.1, 0.15) is 12.3 Å². The van der Waals surface area contributed by atoms with E-state index in [1.807, 2.05) is 37.4 Å². The van der Waals surface area contributed by atoms with E-state index in [-0.39, 0.29) is 29.6 Å². The van der Waals surface area contributed by atoms with Crippen molar-refractivity contribution in [3.8, 4) is 5.75 Å². The molecule has 0 aromatic heterocycles. The number of carbonyl (C=O) groups excluding carboxylic acids is 2. The van der Waals surface area contributed by atoms with E-state index in [2.05, 4.69) is 10.2 Å². The summed E-state index contributed by atoms with van der Waals surface area (Å²) in [5, 5.41) is 2.84. The van der Waals surface area contributed by atoms with Crippen molar-refractivity contribution in [1.82, 2.24) is 9.62 Å². The molecule has 0 spiro atoms. The number of ether oxygens (including phenoxy) is 1. The molecule has 0 saturated heterocycles. The highest BCUT2D eigenvalue weighted by molar-refractivity contribution is 7.89. The summed E-state index contributed by atoms with van der Waals surface area (Å²) < 4.78 is 32.6. The van der Waals surface area contributed by atoms with Gasteiger partial charge in [-0.2, -0.15) is 4.31 Å². The van der Waals surface area contributed by atoms with Crippen LogP contribution in [-0.4, -0.2) is 70.9 Å². The Morgan fingerprint density at radius 2 is 1.82 bits per heavy atom. The standard InChI is InChI=1S/C24H32N4O5S/c1-4-27(5-2)34(31,32)20-12-13-22-21(16-20)28(24(30)18-33-22)17-23(29)25-14-9-15-26(3)19-10-7-6-8-11-19/h6-8,10-13,16H,4-5,9,14-15,17-18H2,1-3H3,(H,25,29). The number of nitrogens with one attached hydrogen (secondary N) is 1.